The van der Waals surface area contributed by atoms with Crippen molar-refractivity contribution in [1.82, 2.24) is 0 Å². The van der Waals surface area contributed by atoms with Gasteiger partial charge in [-0.3, -0.25) is 14.4 Å². The Bertz CT molecular complexity index is 422. The molecule has 0 aliphatic heterocycles. The van der Waals surface area contributed by atoms with Gasteiger partial charge in [-0.1, -0.05) is 19.8 Å². The highest BCUT2D eigenvalue weighted by Crippen LogP contribution is 2.39. The van der Waals surface area contributed by atoms with E-state index >= 15 is 0 Å². The third-order valence-corrected chi connectivity index (χ3v) is 5.30. The third kappa shape index (κ3) is 10.4. The number of carboxylic acid groups (broad SMARTS) is 2. The Balaban J connectivity index is 2.43. The zero-order chi connectivity index (χ0) is 19.4. The lowest BCUT2D eigenvalue weighted by molar-refractivity contribution is -0.144. The number of carbonyl (C=O) groups is 3. The van der Waals surface area contributed by atoms with E-state index in [1.165, 1.54) is 0 Å². The van der Waals surface area contributed by atoms with E-state index in [4.69, 9.17) is 14.9 Å². The minimum absolute atomic E-state index is 0.155. The Hall–Kier alpha value is -1.59. The van der Waals surface area contributed by atoms with Crippen LogP contribution in [0.4, 0.5) is 0 Å². The maximum absolute atomic E-state index is 11.9. The maximum atomic E-state index is 11.9. The van der Waals surface area contributed by atoms with E-state index in [-0.39, 0.29) is 18.8 Å². The lowest BCUT2D eigenvalue weighted by Crippen LogP contribution is -2.25. The second-order valence-electron chi connectivity index (χ2n) is 7.64. The molecule has 150 valence electrons. The van der Waals surface area contributed by atoms with Gasteiger partial charge in [0.1, 0.15) is 0 Å². The molecule has 0 aromatic rings. The Morgan fingerprint density at radius 1 is 0.808 bits per heavy atom. The number of carbonyl (C=O) groups excluding carboxylic acids is 1. The van der Waals surface area contributed by atoms with Gasteiger partial charge in [0.2, 0.25) is 0 Å². The van der Waals surface area contributed by atoms with Crippen LogP contribution >= 0.6 is 0 Å². The van der Waals surface area contributed by atoms with Gasteiger partial charge >= 0.3 is 17.9 Å². The Morgan fingerprint density at radius 2 is 1.27 bits per heavy atom. The number of hydrogen-bond donors (Lipinski definition) is 2. The molecule has 26 heavy (non-hydrogen) atoms. The van der Waals surface area contributed by atoms with Gasteiger partial charge < -0.3 is 14.9 Å². The van der Waals surface area contributed by atoms with Gasteiger partial charge in [-0.25, -0.2) is 0 Å². The monoisotopic (exact) mass is 370 g/mol. The molecule has 0 bridgehead atoms. The highest BCUT2D eigenvalue weighted by Gasteiger charge is 2.29. The minimum Gasteiger partial charge on any atom is -0.481 e. The molecule has 2 atom stereocenters. The summed E-state index contributed by atoms with van der Waals surface area (Å²) in [5.74, 6) is -0.761. The second kappa shape index (κ2) is 12.7. The molecule has 0 aromatic heterocycles. The summed E-state index contributed by atoms with van der Waals surface area (Å²) < 4.78 is 5.25. The average Bonchev–Trinajstić information content (AvgIpc) is 2.60. The number of hydrogen-bond acceptors (Lipinski definition) is 4. The summed E-state index contributed by atoms with van der Waals surface area (Å²) in [6, 6.07) is 0. The van der Waals surface area contributed by atoms with Crippen molar-refractivity contribution >= 4 is 17.9 Å². The molecule has 1 aliphatic carbocycles. The predicted molar refractivity (Wildman–Crippen MR) is 97.8 cm³/mol. The van der Waals surface area contributed by atoms with Crippen LogP contribution in [-0.4, -0.2) is 34.7 Å². The van der Waals surface area contributed by atoms with Gasteiger partial charge in [0.25, 0.3) is 0 Å². The zero-order valence-electron chi connectivity index (χ0n) is 16.0. The second-order valence-corrected chi connectivity index (χ2v) is 7.64. The largest absolute Gasteiger partial charge is 0.481 e. The molecule has 0 heterocycles. The molecule has 0 aromatic carbocycles. The van der Waals surface area contributed by atoms with Crippen molar-refractivity contribution in [3.8, 4) is 0 Å². The van der Waals surface area contributed by atoms with Crippen molar-refractivity contribution in [3.63, 3.8) is 0 Å². The van der Waals surface area contributed by atoms with Crippen LogP contribution in [0.3, 0.4) is 0 Å². The van der Waals surface area contributed by atoms with Crippen LogP contribution in [0.25, 0.3) is 0 Å². The molecule has 0 spiro atoms. The first-order chi connectivity index (χ1) is 12.4. The number of carboxylic acids is 2. The van der Waals surface area contributed by atoms with Gasteiger partial charge in [-0.05, 0) is 62.7 Å². The molecule has 6 heteroatoms. The fourth-order valence-electron chi connectivity index (χ4n) is 4.00. The standard InChI is InChI=1S/C20H34O6/c1-2-3-4-11-26-20(25)10-7-17-13-15(5-8-18(21)22)12-16(14-17)6-9-19(23)24/h15-17H,2-14H2,1H3,(H,21,22)(H,23,24). The highest BCUT2D eigenvalue weighted by atomic mass is 16.5. The molecule has 1 aliphatic rings. The smallest absolute Gasteiger partial charge is 0.305 e. The van der Waals surface area contributed by atoms with E-state index in [0.29, 0.717) is 43.6 Å². The first kappa shape index (κ1) is 22.5. The van der Waals surface area contributed by atoms with Crippen LogP contribution in [0.15, 0.2) is 0 Å². The van der Waals surface area contributed by atoms with E-state index < -0.39 is 11.9 Å². The first-order valence-corrected chi connectivity index (χ1v) is 9.99. The molecular weight excluding hydrogens is 336 g/mol. The summed E-state index contributed by atoms with van der Waals surface area (Å²) in [7, 11) is 0. The van der Waals surface area contributed by atoms with E-state index in [9.17, 15) is 14.4 Å². The van der Waals surface area contributed by atoms with E-state index in [0.717, 1.165) is 44.9 Å². The Morgan fingerprint density at radius 3 is 1.69 bits per heavy atom. The van der Waals surface area contributed by atoms with Crippen LogP contribution in [0.1, 0.15) is 84.0 Å². The van der Waals surface area contributed by atoms with Gasteiger partial charge in [-0.2, -0.15) is 0 Å². The number of aliphatic carboxylic acids is 2. The van der Waals surface area contributed by atoms with Crippen LogP contribution in [0.2, 0.25) is 0 Å². The first-order valence-electron chi connectivity index (χ1n) is 9.99. The molecule has 1 rings (SSSR count). The fourth-order valence-corrected chi connectivity index (χ4v) is 4.00. The van der Waals surface area contributed by atoms with Crippen molar-refractivity contribution in [2.45, 2.75) is 84.0 Å². The predicted octanol–water partition coefficient (Wildman–Crippen LogP) is 4.26. The van der Waals surface area contributed by atoms with Crippen molar-refractivity contribution in [1.29, 1.82) is 0 Å². The van der Waals surface area contributed by atoms with Gasteiger partial charge in [0.05, 0.1) is 6.61 Å². The summed E-state index contributed by atoms with van der Waals surface area (Å²) in [5, 5.41) is 17.8. The topological polar surface area (TPSA) is 101 Å². The van der Waals surface area contributed by atoms with Crippen molar-refractivity contribution < 1.29 is 29.3 Å². The maximum Gasteiger partial charge on any atom is 0.305 e. The van der Waals surface area contributed by atoms with Crippen LogP contribution < -0.4 is 0 Å². The molecule has 2 unspecified atom stereocenters. The SMILES string of the molecule is CCCCCOC(=O)CCC1CC(CCC(=O)O)CC(CCC(=O)O)C1. The lowest BCUT2D eigenvalue weighted by atomic mass is 9.71. The van der Waals surface area contributed by atoms with E-state index in [2.05, 4.69) is 6.92 Å². The normalized spacial score (nSPS) is 22.7. The Labute approximate surface area is 156 Å². The summed E-state index contributed by atoms with van der Waals surface area (Å²) >= 11 is 0. The minimum atomic E-state index is -0.787. The summed E-state index contributed by atoms with van der Waals surface area (Å²) in [4.78, 5) is 33.6. The molecule has 1 saturated carbocycles. The van der Waals surface area contributed by atoms with Crippen molar-refractivity contribution in [2.75, 3.05) is 6.61 Å². The van der Waals surface area contributed by atoms with E-state index in [1.807, 2.05) is 0 Å². The molecule has 0 radical (unpaired) electrons. The highest BCUT2D eigenvalue weighted by molar-refractivity contribution is 5.69. The van der Waals surface area contributed by atoms with Crippen LogP contribution in [-0.2, 0) is 19.1 Å². The Kier molecular flexibility index (Phi) is 11.0. The van der Waals surface area contributed by atoms with Crippen LogP contribution in [0.5, 0.6) is 0 Å². The zero-order valence-corrected chi connectivity index (χ0v) is 16.0. The van der Waals surface area contributed by atoms with Gasteiger partial charge in [0.15, 0.2) is 0 Å². The number of rotatable bonds is 13. The van der Waals surface area contributed by atoms with Gasteiger partial charge in [-0.15, -0.1) is 0 Å². The third-order valence-electron chi connectivity index (χ3n) is 5.30. The molecule has 0 saturated heterocycles. The molecule has 1 fully saturated rings. The molecule has 0 amide bonds. The van der Waals surface area contributed by atoms with Crippen molar-refractivity contribution in [3.05, 3.63) is 0 Å². The molecule has 2 N–H and O–H groups in total. The van der Waals surface area contributed by atoms with Gasteiger partial charge in [0, 0.05) is 19.3 Å². The number of unbranched alkanes of at least 4 members (excludes halogenated alkanes) is 2. The molecule has 6 nitrogen and oxygen atoms in total. The van der Waals surface area contributed by atoms with Crippen molar-refractivity contribution in [2.24, 2.45) is 17.8 Å². The fraction of sp³-hybridized carbons (Fsp3) is 0.850. The van der Waals surface area contributed by atoms with Crippen LogP contribution in [0, 0.1) is 17.8 Å². The average molecular weight is 370 g/mol. The lowest BCUT2D eigenvalue weighted by Gasteiger charge is -2.35. The van der Waals surface area contributed by atoms with E-state index in [1.54, 1.807) is 0 Å². The molecular formula is C20H34O6. The summed E-state index contributed by atoms with van der Waals surface area (Å²) in [5.41, 5.74) is 0. The summed E-state index contributed by atoms with van der Waals surface area (Å²) in [6.45, 7) is 2.59. The quantitative estimate of drug-likeness (QED) is 0.371. The summed E-state index contributed by atoms with van der Waals surface area (Å²) in [6.07, 6.45) is 8.55. The number of esters is 1. The number of ether oxygens (including phenoxy) is 1.